The minimum absolute atomic E-state index is 0.00334. The second-order valence-corrected chi connectivity index (χ2v) is 11.9. The fourth-order valence-corrected chi connectivity index (χ4v) is 6.00. The molecule has 0 saturated carbocycles. The Labute approximate surface area is 292 Å². The Morgan fingerprint density at radius 3 is 1.74 bits per heavy atom. The van der Waals surface area contributed by atoms with Crippen LogP contribution in [0, 0.1) is 0 Å². The van der Waals surface area contributed by atoms with Crippen LogP contribution in [0.2, 0.25) is 0 Å². The van der Waals surface area contributed by atoms with Gasteiger partial charge in [-0.3, -0.25) is 14.4 Å². The van der Waals surface area contributed by atoms with E-state index in [-0.39, 0.29) is 11.8 Å². The summed E-state index contributed by atoms with van der Waals surface area (Å²) in [4.78, 5) is 40.0. The number of hydrogen-bond acceptors (Lipinski definition) is 4. The summed E-state index contributed by atoms with van der Waals surface area (Å²) in [6.07, 6.45) is 3.30. The Bertz CT molecular complexity index is 1870. The van der Waals surface area contributed by atoms with Gasteiger partial charge in [-0.05, 0) is 46.9 Å². The summed E-state index contributed by atoms with van der Waals surface area (Å²) in [5.41, 5.74) is 10.2. The number of aromatic amines is 1. The fraction of sp³-hybridized carbons (Fsp3) is 0.167. The first-order valence-electron chi connectivity index (χ1n) is 16.6. The number of fused-ring (bicyclic) bond motifs is 1. The maximum absolute atomic E-state index is 12.9. The number of primary amides is 1. The standard InChI is InChI=1S/C24H25NO2.C18H17N3O2/c1-27-19-11-18-23(26)25-24(20-12-5-2-6-13-20,21-14-7-3-8-15-21)22-16-9-4-10-17-22;19-17(22)16(21-18(23)12-6-2-1-3-7-12)10-13-11-20-15-9-5-4-8-14(13)15/h2-10,12-17H,11,18-19H2,1H3,(H,25,26);1-9,11,16,20H,10H2,(H2,19,22)(H,21,23). The summed E-state index contributed by atoms with van der Waals surface area (Å²) < 4.78 is 5.10. The molecule has 0 aliphatic heterocycles. The van der Waals surface area contributed by atoms with Gasteiger partial charge in [0.05, 0.1) is 0 Å². The zero-order valence-electron chi connectivity index (χ0n) is 28.0. The summed E-state index contributed by atoms with van der Waals surface area (Å²) in [5.74, 6) is -0.864. The van der Waals surface area contributed by atoms with E-state index in [2.05, 4.69) is 52.0 Å². The molecule has 1 unspecified atom stereocenters. The molecule has 1 heterocycles. The molecular weight excluding hydrogens is 624 g/mol. The summed E-state index contributed by atoms with van der Waals surface area (Å²) >= 11 is 0. The van der Waals surface area contributed by atoms with Crippen LogP contribution in [0.4, 0.5) is 0 Å². The van der Waals surface area contributed by atoms with Crippen molar-refractivity contribution in [2.24, 2.45) is 5.73 Å². The predicted molar refractivity (Wildman–Crippen MR) is 197 cm³/mol. The molecule has 8 nitrogen and oxygen atoms in total. The van der Waals surface area contributed by atoms with E-state index in [1.807, 2.05) is 91.1 Å². The van der Waals surface area contributed by atoms with Gasteiger partial charge in [0.1, 0.15) is 11.6 Å². The van der Waals surface area contributed by atoms with Gasteiger partial charge in [-0.25, -0.2) is 0 Å². The second-order valence-electron chi connectivity index (χ2n) is 11.9. The van der Waals surface area contributed by atoms with Crippen LogP contribution in [0.5, 0.6) is 0 Å². The molecular formula is C42H42N4O4. The van der Waals surface area contributed by atoms with Gasteiger partial charge < -0.3 is 26.1 Å². The van der Waals surface area contributed by atoms with Crippen LogP contribution in [0.3, 0.4) is 0 Å². The SMILES string of the molecule is COCCCC(=O)NC(c1ccccc1)(c1ccccc1)c1ccccc1.NC(=O)C(Cc1c[nH]c2ccccc12)NC(=O)c1ccccc1. The second kappa shape index (κ2) is 17.4. The number of hydrogen-bond donors (Lipinski definition) is 4. The Hall–Kier alpha value is -5.99. The molecule has 0 saturated heterocycles. The topological polar surface area (TPSA) is 126 Å². The maximum Gasteiger partial charge on any atom is 0.251 e. The van der Waals surface area contributed by atoms with E-state index in [1.54, 1.807) is 31.4 Å². The highest BCUT2D eigenvalue weighted by molar-refractivity contribution is 5.97. The van der Waals surface area contributed by atoms with Gasteiger partial charge in [0.2, 0.25) is 11.8 Å². The van der Waals surface area contributed by atoms with E-state index in [4.69, 9.17) is 10.5 Å². The van der Waals surface area contributed by atoms with E-state index in [1.165, 1.54) is 0 Å². The molecule has 0 fully saturated rings. The summed E-state index contributed by atoms with van der Waals surface area (Å²) in [6.45, 7) is 0.572. The monoisotopic (exact) mass is 666 g/mol. The number of rotatable bonds is 13. The number of amides is 3. The zero-order valence-corrected chi connectivity index (χ0v) is 28.0. The molecule has 6 rings (SSSR count). The van der Waals surface area contributed by atoms with Crippen molar-refractivity contribution in [2.45, 2.75) is 30.8 Å². The van der Waals surface area contributed by atoms with Gasteiger partial charge >= 0.3 is 0 Å². The number of methoxy groups -OCH3 is 1. The highest BCUT2D eigenvalue weighted by Gasteiger charge is 2.37. The molecule has 50 heavy (non-hydrogen) atoms. The van der Waals surface area contributed by atoms with E-state index < -0.39 is 17.5 Å². The fourth-order valence-electron chi connectivity index (χ4n) is 6.00. The van der Waals surface area contributed by atoms with E-state index in [0.717, 1.165) is 33.2 Å². The molecule has 0 bridgehead atoms. The molecule has 8 heteroatoms. The number of ether oxygens (including phenoxy) is 1. The number of para-hydroxylation sites is 1. The number of carbonyl (C=O) groups excluding carboxylic acids is 3. The van der Waals surface area contributed by atoms with E-state index >= 15 is 0 Å². The average molecular weight is 667 g/mol. The summed E-state index contributed by atoms with van der Waals surface area (Å²) in [6, 6.07) is 46.2. The third-order valence-electron chi connectivity index (χ3n) is 8.48. The Morgan fingerprint density at radius 2 is 1.22 bits per heavy atom. The smallest absolute Gasteiger partial charge is 0.251 e. The van der Waals surface area contributed by atoms with E-state index in [9.17, 15) is 14.4 Å². The van der Waals surface area contributed by atoms with Gasteiger partial charge in [0, 0.05) is 49.2 Å². The van der Waals surface area contributed by atoms with Crippen molar-refractivity contribution in [1.82, 2.24) is 15.6 Å². The number of carbonyl (C=O) groups is 3. The van der Waals surface area contributed by atoms with Crippen LogP contribution in [0.25, 0.3) is 10.9 Å². The molecule has 0 aliphatic carbocycles. The zero-order chi connectivity index (χ0) is 35.2. The number of nitrogens with two attached hydrogens (primary N) is 1. The average Bonchev–Trinajstić information content (AvgIpc) is 3.58. The molecule has 3 amide bonds. The maximum atomic E-state index is 12.9. The van der Waals surface area contributed by atoms with Crippen molar-refractivity contribution in [1.29, 1.82) is 0 Å². The molecule has 0 radical (unpaired) electrons. The third kappa shape index (κ3) is 8.72. The first kappa shape index (κ1) is 35.3. The predicted octanol–water partition coefficient (Wildman–Crippen LogP) is 6.52. The number of nitrogens with one attached hydrogen (secondary N) is 3. The van der Waals surface area contributed by atoms with Crippen molar-refractivity contribution < 1.29 is 19.1 Å². The largest absolute Gasteiger partial charge is 0.385 e. The number of aromatic nitrogens is 1. The van der Waals surface area contributed by atoms with E-state index in [0.29, 0.717) is 31.4 Å². The molecule has 254 valence electrons. The van der Waals surface area contributed by atoms with Crippen molar-refractivity contribution in [3.63, 3.8) is 0 Å². The molecule has 1 atom stereocenters. The third-order valence-corrected chi connectivity index (χ3v) is 8.48. The van der Waals surface area contributed by atoms with Crippen molar-refractivity contribution in [3.8, 4) is 0 Å². The van der Waals surface area contributed by atoms with Crippen LogP contribution in [-0.2, 0) is 26.3 Å². The van der Waals surface area contributed by atoms with Gasteiger partial charge in [0.25, 0.3) is 5.91 Å². The van der Waals surface area contributed by atoms with Crippen LogP contribution in [-0.4, -0.2) is 42.5 Å². The lowest BCUT2D eigenvalue weighted by Crippen LogP contribution is -2.47. The Kier molecular flexibility index (Phi) is 12.3. The molecule has 0 spiro atoms. The minimum Gasteiger partial charge on any atom is -0.385 e. The van der Waals surface area contributed by atoms with Crippen molar-refractivity contribution in [3.05, 3.63) is 180 Å². The Morgan fingerprint density at radius 1 is 0.720 bits per heavy atom. The van der Waals surface area contributed by atoms with Crippen LogP contribution < -0.4 is 16.4 Å². The highest BCUT2D eigenvalue weighted by Crippen LogP contribution is 2.36. The summed E-state index contributed by atoms with van der Waals surface area (Å²) in [5, 5.41) is 7.07. The van der Waals surface area contributed by atoms with Crippen LogP contribution in [0.15, 0.2) is 152 Å². The Balaban J connectivity index is 0.000000197. The van der Waals surface area contributed by atoms with Crippen molar-refractivity contribution >= 4 is 28.6 Å². The quantitative estimate of drug-likeness (QED) is 0.0828. The minimum atomic E-state index is -0.762. The molecule has 5 aromatic carbocycles. The van der Waals surface area contributed by atoms with Crippen molar-refractivity contribution in [2.75, 3.05) is 13.7 Å². The van der Waals surface area contributed by atoms with Gasteiger partial charge in [-0.1, -0.05) is 127 Å². The molecule has 6 aromatic rings. The number of H-pyrrole nitrogens is 1. The molecule has 0 aliphatic rings. The molecule has 5 N–H and O–H groups in total. The normalized spacial score (nSPS) is 11.5. The first-order chi connectivity index (χ1) is 24.4. The first-order valence-corrected chi connectivity index (χ1v) is 16.6. The van der Waals surface area contributed by atoms with Gasteiger partial charge in [0.15, 0.2) is 0 Å². The van der Waals surface area contributed by atoms with Crippen LogP contribution >= 0.6 is 0 Å². The lowest BCUT2D eigenvalue weighted by Gasteiger charge is -2.37. The highest BCUT2D eigenvalue weighted by atomic mass is 16.5. The summed E-state index contributed by atoms with van der Waals surface area (Å²) in [7, 11) is 1.65. The van der Waals surface area contributed by atoms with Gasteiger partial charge in [-0.2, -0.15) is 0 Å². The molecule has 1 aromatic heterocycles. The lowest BCUT2D eigenvalue weighted by molar-refractivity contribution is -0.122. The van der Waals surface area contributed by atoms with Gasteiger partial charge in [-0.15, -0.1) is 0 Å². The lowest BCUT2D eigenvalue weighted by atomic mass is 9.77. The number of benzene rings is 5. The van der Waals surface area contributed by atoms with Crippen LogP contribution in [0.1, 0.15) is 45.5 Å².